The van der Waals surface area contributed by atoms with Gasteiger partial charge in [0.2, 0.25) is 0 Å². The smallest absolute Gasteiger partial charge is 0.273 e. The van der Waals surface area contributed by atoms with Crippen LogP contribution in [0.2, 0.25) is 0 Å². The molecule has 0 N–H and O–H groups in total. The average molecular weight is 525 g/mol. The van der Waals surface area contributed by atoms with E-state index in [0.717, 1.165) is 49.0 Å². The third kappa shape index (κ3) is 5.21. The standard InChI is InChI=1S/C33H37FN4O/c1-3-4-5-6-7-10-23-13-16-28(29(34)19-23)30-20-26-21-31(35-32(25-14-15-25)38(26)36-30)33(39)37-18-17-24-11-8-9-12-27(24)22(37)2/h8-9,11-13,16,19-22,25H,3-7,10,14-15,17-18H2,1-2H3/t22-/m1/s1. The van der Waals surface area contributed by atoms with Gasteiger partial charge in [-0.05, 0) is 80.0 Å². The summed E-state index contributed by atoms with van der Waals surface area (Å²) in [6.45, 7) is 4.97. The summed E-state index contributed by atoms with van der Waals surface area (Å²) in [4.78, 5) is 20.5. The minimum absolute atomic E-state index is 0.00965. The van der Waals surface area contributed by atoms with Crippen molar-refractivity contribution >= 4 is 11.4 Å². The van der Waals surface area contributed by atoms with Crippen molar-refractivity contribution in [3.05, 3.63) is 88.6 Å². The summed E-state index contributed by atoms with van der Waals surface area (Å²) in [6.07, 6.45) is 9.80. The van der Waals surface area contributed by atoms with Crippen molar-refractivity contribution in [1.82, 2.24) is 19.5 Å². The first-order chi connectivity index (χ1) is 19.0. The van der Waals surface area contributed by atoms with Crippen LogP contribution in [0, 0.1) is 5.82 Å². The van der Waals surface area contributed by atoms with Gasteiger partial charge in [-0.2, -0.15) is 5.10 Å². The molecule has 4 aromatic rings. The van der Waals surface area contributed by atoms with Gasteiger partial charge in [-0.25, -0.2) is 13.9 Å². The third-order valence-electron chi connectivity index (χ3n) is 8.37. The summed E-state index contributed by atoms with van der Waals surface area (Å²) in [5.41, 5.74) is 5.84. The number of aromatic nitrogens is 3. The number of hydrogen-bond donors (Lipinski definition) is 0. The van der Waals surface area contributed by atoms with Crippen LogP contribution < -0.4 is 0 Å². The van der Waals surface area contributed by atoms with Gasteiger partial charge in [0.05, 0.1) is 17.3 Å². The maximum atomic E-state index is 15.3. The van der Waals surface area contributed by atoms with Gasteiger partial charge in [0.15, 0.2) is 0 Å². The fraction of sp³-hybridized carbons (Fsp3) is 0.424. The maximum absolute atomic E-state index is 15.3. The Balaban J connectivity index is 1.27. The predicted molar refractivity (Wildman–Crippen MR) is 152 cm³/mol. The molecule has 1 fully saturated rings. The molecule has 1 saturated carbocycles. The number of halogens is 1. The fourth-order valence-corrected chi connectivity index (χ4v) is 5.92. The van der Waals surface area contributed by atoms with E-state index in [0.29, 0.717) is 23.5 Å². The van der Waals surface area contributed by atoms with E-state index in [1.54, 1.807) is 6.07 Å². The molecule has 0 radical (unpaired) electrons. The first-order valence-electron chi connectivity index (χ1n) is 14.6. The van der Waals surface area contributed by atoms with E-state index in [1.807, 2.05) is 39.7 Å². The normalized spacial score (nSPS) is 17.0. The zero-order valence-electron chi connectivity index (χ0n) is 23.0. The fourth-order valence-electron chi connectivity index (χ4n) is 5.92. The number of aryl methyl sites for hydroxylation is 1. The number of fused-ring (bicyclic) bond motifs is 2. The molecule has 39 heavy (non-hydrogen) atoms. The van der Waals surface area contributed by atoms with Crippen LogP contribution in [0.1, 0.15) is 104 Å². The van der Waals surface area contributed by atoms with Crippen LogP contribution in [0.3, 0.4) is 0 Å². The number of hydrogen-bond acceptors (Lipinski definition) is 3. The second-order valence-corrected chi connectivity index (χ2v) is 11.2. The Hall–Kier alpha value is -3.54. The van der Waals surface area contributed by atoms with Crippen molar-refractivity contribution < 1.29 is 9.18 Å². The Kier molecular flexibility index (Phi) is 7.20. The van der Waals surface area contributed by atoms with E-state index in [4.69, 9.17) is 10.1 Å². The minimum Gasteiger partial charge on any atom is -0.330 e. The summed E-state index contributed by atoms with van der Waals surface area (Å²) in [5.74, 6) is 0.782. The Morgan fingerprint density at radius 2 is 1.85 bits per heavy atom. The number of rotatable bonds is 9. The van der Waals surface area contributed by atoms with Gasteiger partial charge < -0.3 is 4.90 Å². The molecule has 0 saturated heterocycles. The second kappa shape index (κ2) is 10.9. The van der Waals surface area contributed by atoms with Crippen LogP contribution in [0.4, 0.5) is 4.39 Å². The molecule has 5 nitrogen and oxygen atoms in total. The predicted octanol–water partition coefficient (Wildman–Crippen LogP) is 7.69. The van der Waals surface area contributed by atoms with Gasteiger partial charge >= 0.3 is 0 Å². The van der Waals surface area contributed by atoms with Crippen molar-refractivity contribution in [3.8, 4) is 11.3 Å². The maximum Gasteiger partial charge on any atom is 0.273 e. The molecule has 2 aliphatic rings. The molecule has 1 aliphatic heterocycles. The SMILES string of the molecule is CCCCCCCc1ccc(-c2cc3cc(C(=O)N4CCc5ccccc5[C@H]4C)nc(C4CC4)n3n2)c(F)c1. The topological polar surface area (TPSA) is 50.5 Å². The van der Waals surface area contributed by atoms with E-state index >= 15 is 4.39 Å². The van der Waals surface area contributed by atoms with E-state index in [-0.39, 0.29) is 23.7 Å². The van der Waals surface area contributed by atoms with Gasteiger partial charge in [0.25, 0.3) is 5.91 Å². The molecule has 1 amide bonds. The number of benzene rings is 2. The Morgan fingerprint density at radius 3 is 2.64 bits per heavy atom. The molecular weight excluding hydrogens is 487 g/mol. The van der Waals surface area contributed by atoms with Crippen LogP contribution in [0.25, 0.3) is 16.8 Å². The van der Waals surface area contributed by atoms with Crippen LogP contribution in [-0.2, 0) is 12.8 Å². The number of amides is 1. The van der Waals surface area contributed by atoms with Crippen molar-refractivity contribution in [3.63, 3.8) is 0 Å². The Morgan fingerprint density at radius 1 is 1.03 bits per heavy atom. The highest BCUT2D eigenvalue weighted by atomic mass is 19.1. The van der Waals surface area contributed by atoms with Crippen molar-refractivity contribution in [2.75, 3.05) is 6.54 Å². The highest BCUT2D eigenvalue weighted by Crippen LogP contribution is 2.40. The number of carbonyl (C=O) groups is 1. The summed E-state index contributed by atoms with van der Waals surface area (Å²) in [5, 5.41) is 4.78. The quantitative estimate of drug-likeness (QED) is 0.211. The molecule has 2 aromatic heterocycles. The van der Waals surface area contributed by atoms with Crippen molar-refractivity contribution in [1.29, 1.82) is 0 Å². The molecule has 6 heteroatoms. The lowest BCUT2D eigenvalue weighted by atomic mass is 9.93. The monoisotopic (exact) mass is 524 g/mol. The summed E-state index contributed by atoms with van der Waals surface area (Å²) < 4.78 is 17.1. The first kappa shape index (κ1) is 25.7. The lowest BCUT2D eigenvalue weighted by Crippen LogP contribution is -2.39. The zero-order chi connectivity index (χ0) is 26.9. The molecule has 2 aromatic carbocycles. The molecule has 0 bridgehead atoms. The lowest BCUT2D eigenvalue weighted by Gasteiger charge is -2.35. The van der Waals surface area contributed by atoms with E-state index in [1.165, 1.54) is 36.8 Å². The van der Waals surface area contributed by atoms with Crippen LogP contribution in [0.5, 0.6) is 0 Å². The molecular formula is C33H37FN4O. The number of nitrogens with zero attached hydrogens (tertiary/aromatic N) is 4. The van der Waals surface area contributed by atoms with Crippen molar-refractivity contribution in [2.24, 2.45) is 0 Å². The van der Waals surface area contributed by atoms with Gasteiger partial charge in [-0.3, -0.25) is 4.79 Å². The highest BCUT2D eigenvalue weighted by molar-refractivity contribution is 5.94. The van der Waals surface area contributed by atoms with Crippen LogP contribution >= 0.6 is 0 Å². The lowest BCUT2D eigenvalue weighted by molar-refractivity contribution is 0.0671. The summed E-state index contributed by atoms with van der Waals surface area (Å²) >= 11 is 0. The number of unbranched alkanes of at least 4 members (excludes halogenated alkanes) is 4. The molecule has 1 aliphatic carbocycles. The summed E-state index contributed by atoms with van der Waals surface area (Å²) in [7, 11) is 0. The van der Waals surface area contributed by atoms with Crippen LogP contribution in [-0.4, -0.2) is 31.9 Å². The third-order valence-corrected chi connectivity index (χ3v) is 8.37. The van der Waals surface area contributed by atoms with E-state index in [2.05, 4.69) is 32.0 Å². The Bertz CT molecular complexity index is 1510. The second-order valence-electron chi connectivity index (χ2n) is 11.2. The molecule has 0 spiro atoms. The highest BCUT2D eigenvalue weighted by Gasteiger charge is 2.33. The molecule has 3 heterocycles. The Labute approximate surface area is 230 Å². The largest absolute Gasteiger partial charge is 0.330 e. The van der Waals surface area contributed by atoms with Gasteiger partial charge in [0.1, 0.15) is 17.3 Å². The molecule has 202 valence electrons. The number of carbonyl (C=O) groups excluding carboxylic acids is 1. The molecule has 6 rings (SSSR count). The van der Waals surface area contributed by atoms with E-state index in [9.17, 15) is 4.79 Å². The first-order valence-corrected chi connectivity index (χ1v) is 14.6. The van der Waals surface area contributed by atoms with Gasteiger partial charge in [-0.1, -0.05) is 62.9 Å². The molecule has 1 atom stereocenters. The zero-order valence-corrected chi connectivity index (χ0v) is 23.0. The minimum atomic E-state index is -0.248. The summed E-state index contributed by atoms with van der Waals surface area (Å²) in [6, 6.07) is 17.6. The molecule has 0 unspecified atom stereocenters. The van der Waals surface area contributed by atoms with Gasteiger partial charge in [0, 0.05) is 18.0 Å². The van der Waals surface area contributed by atoms with Crippen LogP contribution in [0.15, 0.2) is 54.6 Å². The van der Waals surface area contributed by atoms with Gasteiger partial charge in [-0.15, -0.1) is 0 Å². The van der Waals surface area contributed by atoms with E-state index < -0.39 is 0 Å². The van der Waals surface area contributed by atoms with Crippen molar-refractivity contribution in [2.45, 2.75) is 83.6 Å². The average Bonchev–Trinajstić information content (AvgIpc) is 3.71.